The maximum atomic E-state index is 5.91. The van der Waals surface area contributed by atoms with E-state index in [9.17, 15) is 0 Å². The van der Waals surface area contributed by atoms with Crippen molar-refractivity contribution < 1.29 is 4.74 Å². The van der Waals surface area contributed by atoms with Crippen molar-refractivity contribution in [2.45, 2.75) is 12.6 Å². The SMILES string of the molecule is Clc1ccc([C@H]2CN(Cc3cnc[nH]3)CCO2)cc1. The first-order valence-corrected chi connectivity index (χ1v) is 6.76. The van der Waals surface area contributed by atoms with Crippen LogP contribution in [0.5, 0.6) is 0 Å². The Morgan fingerprint density at radius 3 is 2.95 bits per heavy atom. The largest absolute Gasteiger partial charge is 0.371 e. The van der Waals surface area contributed by atoms with Crippen LogP contribution in [0.1, 0.15) is 17.4 Å². The second-order valence-electron chi connectivity index (χ2n) is 4.72. The first-order chi connectivity index (χ1) is 9.31. The second kappa shape index (κ2) is 5.74. The summed E-state index contributed by atoms with van der Waals surface area (Å²) >= 11 is 5.91. The summed E-state index contributed by atoms with van der Waals surface area (Å²) in [6.45, 7) is 3.47. The zero-order chi connectivity index (χ0) is 13.1. The van der Waals surface area contributed by atoms with E-state index in [0.29, 0.717) is 0 Å². The lowest BCUT2D eigenvalue weighted by Gasteiger charge is -2.32. The zero-order valence-corrected chi connectivity index (χ0v) is 11.3. The topological polar surface area (TPSA) is 41.2 Å². The van der Waals surface area contributed by atoms with Crippen molar-refractivity contribution >= 4 is 11.6 Å². The molecular formula is C14H16ClN3O. The first kappa shape index (κ1) is 12.7. The molecule has 2 aromatic rings. The molecule has 2 heterocycles. The van der Waals surface area contributed by atoms with Gasteiger partial charge in [0.05, 0.1) is 19.0 Å². The van der Waals surface area contributed by atoms with Crippen LogP contribution in [0, 0.1) is 0 Å². The quantitative estimate of drug-likeness (QED) is 0.938. The molecule has 1 fully saturated rings. The molecular weight excluding hydrogens is 262 g/mol. The van der Waals surface area contributed by atoms with Crippen LogP contribution in [-0.4, -0.2) is 34.6 Å². The number of aromatic nitrogens is 2. The Bertz CT molecular complexity index is 512. The highest BCUT2D eigenvalue weighted by Crippen LogP contribution is 2.24. The number of hydrogen-bond donors (Lipinski definition) is 1. The Labute approximate surface area is 117 Å². The van der Waals surface area contributed by atoms with Crippen molar-refractivity contribution in [3.8, 4) is 0 Å². The van der Waals surface area contributed by atoms with E-state index < -0.39 is 0 Å². The normalized spacial score (nSPS) is 20.6. The van der Waals surface area contributed by atoms with Crippen LogP contribution in [0.25, 0.3) is 0 Å². The van der Waals surface area contributed by atoms with E-state index in [-0.39, 0.29) is 6.10 Å². The van der Waals surface area contributed by atoms with Crippen LogP contribution in [-0.2, 0) is 11.3 Å². The van der Waals surface area contributed by atoms with Crippen molar-refractivity contribution in [3.63, 3.8) is 0 Å². The van der Waals surface area contributed by atoms with E-state index >= 15 is 0 Å². The van der Waals surface area contributed by atoms with E-state index in [4.69, 9.17) is 16.3 Å². The first-order valence-electron chi connectivity index (χ1n) is 6.38. The number of ether oxygens (including phenoxy) is 1. The molecule has 1 aliphatic rings. The van der Waals surface area contributed by atoms with E-state index in [0.717, 1.165) is 37.0 Å². The Hall–Kier alpha value is -1.36. The summed E-state index contributed by atoms with van der Waals surface area (Å²) in [5.41, 5.74) is 2.32. The number of H-pyrrole nitrogens is 1. The van der Waals surface area contributed by atoms with Gasteiger partial charge >= 0.3 is 0 Å². The van der Waals surface area contributed by atoms with Crippen molar-refractivity contribution in [2.24, 2.45) is 0 Å². The summed E-state index contributed by atoms with van der Waals surface area (Å²) in [5.74, 6) is 0. The van der Waals surface area contributed by atoms with Gasteiger partial charge in [-0.25, -0.2) is 4.98 Å². The smallest absolute Gasteiger partial charge is 0.0952 e. The minimum atomic E-state index is 0.119. The molecule has 0 amide bonds. The van der Waals surface area contributed by atoms with Gasteiger partial charge in [-0.3, -0.25) is 4.90 Å². The summed E-state index contributed by atoms with van der Waals surface area (Å²) in [6.07, 6.45) is 3.70. The van der Waals surface area contributed by atoms with Crippen LogP contribution in [0.2, 0.25) is 5.02 Å². The standard InChI is InChI=1S/C14H16ClN3O/c15-12-3-1-11(2-4-12)14-9-18(5-6-19-14)8-13-7-16-10-17-13/h1-4,7,10,14H,5-6,8-9H2,(H,16,17)/t14-/m1/s1. The molecule has 0 bridgehead atoms. The minimum absolute atomic E-state index is 0.119. The number of nitrogens with one attached hydrogen (secondary N) is 1. The molecule has 1 aliphatic heterocycles. The van der Waals surface area contributed by atoms with Crippen molar-refractivity contribution in [1.82, 2.24) is 14.9 Å². The molecule has 0 saturated carbocycles. The summed E-state index contributed by atoms with van der Waals surface area (Å²) < 4.78 is 5.84. The number of morpholine rings is 1. The molecule has 1 aromatic heterocycles. The highest BCUT2D eigenvalue weighted by Gasteiger charge is 2.22. The van der Waals surface area contributed by atoms with Gasteiger partial charge in [-0.05, 0) is 17.7 Å². The molecule has 0 unspecified atom stereocenters. The molecule has 1 atom stereocenters. The lowest BCUT2D eigenvalue weighted by atomic mass is 10.1. The Kier molecular flexibility index (Phi) is 3.82. The van der Waals surface area contributed by atoms with Crippen LogP contribution < -0.4 is 0 Å². The molecule has 100 valence electrons. The van der Waals surface area contributed by atoms with Gasteiger partial charge in [0.25, 0.3) is 0 Å². The molecule has 0 spiro atoms. The fraction of sp³-hybridized carbons (Fsp3) is 0.357. The van der Waals surface area contributed by atoms with Crippen molar-refractivity contribution in [2.75, 3.05) is 19.7 Å². The van der Waals surface area contributed by atoms with Gasteiger partial charge < -0.3 is 9.72 Å². The van der Waals surface area contributed by atoms with Gasteiger partial charge in [0.15, 0.2) is 0 Å². The molecule has 1 aromatic carbocycles. The number of nitrogens with zero attached hydrogens (tertiary/aromatic N) is 2. The second-order valence-corrected chi connectivity index (χ2v) is 5.16. The molecule has 0 aliphatic carbocycles. The molecule has 1 N–H and O–H groups in total. The van der Waals surface area contributed by atoms with Crippen LogP contribution in [0.3, 0.4) is 0 Å². The molecule has 5 heteroatoms. The Morgan fingerprint density at radius 2 is 2.21 bits per heavy atom. The summed E-state index contributed by atoms with van der Waals surface area (Å²) in [4.78, 5) is 9.55. The maximum absolute atomic E-state index is 5.91. The molecule has 1 saturated heterocycles. The molecule has 19 heavy (non-hydrogen) atoms. The van der Waals surface area contributed by atoms with Crippen molar-refractivity contribution in [1.29, 1.82) is 0 Å². The van der Waals surface area contributed by atoms with Gasteiger partial charge in [0.1, 0.15) is 0 Å². The van der Waals surface area contributed by atoms with Gasteiger partial charge in [0, 0.05) is 36.5 Å². The zero-order valence-electron chi connectivity index (χ0n) is 10.6. The third-order valence-corrected chi connectivity index (χ3v) is 3.59. The lowest BCUT2D eigenvalue weighted by Crippen LogP contribution is -2.37. The van der Waals surface area contributed by atoms with Crippen molar-refractivity contribution in [3.05, 3.63) is 53.1 Å². The van der Waals surface area contributed by atoms with Gasteiger partial charge in [-0.15, -0.1) is 0 Å². The van der Waals surface area contributed by atoms with Crippen LogP contribution >= 0.6 is 11.6 Å². The predicted molar refractivity (Wildman–Crippen MR) is 74.0 cm³/mol. The van der Waals surface area contributed by atoms with Gasteiger partial charge in [0.2, 0.25) is 0 Å². The number of aromatic amines is 1. The van der Waals surface area contributed by atoms with E-state index in [1.54, 1.807) is 6.33 Å². The average Bonchev–Trinajstić information content (AvgIpc) is 2.93. The maximum Gasteiger partial charge on any atom is 0.0952 e. The molecule has 0 radical (unpaired) electrons. The van der Waals surface area contributed by atoms with E-state index in [1.807, 2.05) is 30.5 Å². The minimum Gasteiger partial charge on any atom is -0.371 e. The monoisotopic (exact) mass is 277 g/mol. The Morgan fingerprint density at radius 1 is 1.37 bits per heavy atom. The lowest BCUT2D eigenvalue weighted by molar-refractivity contribution is -0.0332. The summed E-state index contributed by atoms with van der Waals surface area (Å²) in [7, 11) is 0. The average molecular weight is 278 g/mol. The number of imidazole rings is 1. The Balaban J connectivity index is 1.66. The molecule has 3 rings (SSSR count). The fourth-order valence-electron chi connectivity index (χ4n) is 2.34. The fourth-order valence-corrected chi connectivity index (χ4v) is 2.46. The number of benzene rings is 1. The summed E-state index contributed by atoms with van der Waals surface area (Å²) in [6, 6.07) is 7.89. The predicted octanol–water partition coefficient (Wildman–Crippen LogP) is 2.64. The third kappa shape index (κ3) is 3.15. The van der Waals surface area contributed by atoms with E-state index in [2.05, 4.69) is 14.9 Å². The summed E-state index contributed by atoms with van der Waals surface area (Å²) in [5, 5.41) is 0.758. The highest BCUT2D eigenvalue weighted by molar-refractivity contribution is 6.30. The third-order valence-electron chi connectivity index (χ3n) is 3.34. The van der Waals surface area contributed by atoms with Crippen LogP contribution in [0.4, 0.5) is 0 Å². The molecule has 4 nitrogen and oxygen atoms in total. The number of rotatable bonds is 3. The number of halogens is 1. The van der Waals surface area contributed by atoms with Gasteiger partial charge in [-0.1, -0.05) is 23.7 Å². The van der Waals surface area contributed by atoms with E-state index in [1.165, 1.54) is 5.56 Å². The van der Waals surface area contributed by atoms with Crippen LogP contribution in [0.15, 0.2) is 36.8 Å². The highest BCUT2D eigenvalue weighted by atomic mass is 35.5. The number of hydrogen-bond acceptors (Lipinski definition) is 3. The van der Waals surface area contributed by atoms with Gasteiger partial charge in [-0.2, -0.15) is 0 Å².